The van der Waals surface area contributed by atoms with Crippen LogP contribution in [-0.4, -0.2) is 13.7 Å². The molecule has 3 nitrogen and oxygen atoms in total. The van der Waals surface area contributed by atoms with Crippen LogP contribution in [0.4, 0.5) is 0 Å². The summed E-state index contributed by atoms with van der Waals surface area (Å²) in [7, 11) is 1.65. The Morgan fingerprint density at radius 3 is 2.39 bits per heavy atom. The molecule has 0 bridgehead atoms. The van der Waals surface area contributed by atoms with Gasteiger partial charge in [-0.3, -0.25) is 0 Å². The van der Waals surface area contributed by atoms with Crippen LogP contribution in [0, 0.1) is 5.92 Å². The molecule has 0 unspecified atom stereocenters. The molecule has 0 aliphatic heterocycles. The lowest BCUT2D eigenvalue weighted by atomic mass is 9.97. The van der Waals surface area contributed by atoms with E-state index in [0.717, 1.165) is 23.5 Å². The standard InChI is InChI=1S/C14H23NO2.ClH/c1-5-17-13-7-6-11(9-14(13)16-4)12(15)8-10(2)3;/h6-7,9-10,12H,5,8,15H2,1-4H3;1H/t12-;/m1./s1. The van der Waals surface area contributed by atoms with E-state index in [-0.39, 0.29) is 18.4 Å². The van der Waals surface area contributed by atoms with Crippen LogP contribution < -0.4 is 15.2 Å². The third-order valence-corrected chi connectivity index (χ3v) is 2.64. The van der Waals surface area contributed by atoms with Crippen molar-refractivity contribution in [2.24, 2.45) is 11.7 Å². The van der Waals surface area contributed by atoms with E-state index in [2.05, 4.69) is 13.8 Å². The number of hydrogen-bond acceptors (Lipinski definition) is 3. The smallest absolute Gasteiger partial charge is 0.161 e. The summed E-state index contributed by atoms with van der Waals surface area (Å²) in [4.78, 5) is 0. The molecule has 0 aromatic heterocycles. The second-order valence-electron chi connectivity index (χ2n) is 4.58. The molecule has 0 spiro atoms. The first-order chi connectivity index (χ1) is 8.08. The summed E-state index contributed by atoms with van der Waals surface area (Å²) in [6.45, 7) is 6.93. The molecule has 104 valence electrons. The molecule has 0 fully saturated rings. The lowest BCUT2D eigenvalue weighted by Crippen LogP contribution is -2.13. The third kappa shape index (κ3) is 4.75. The van der Waals surface area contributed by atoms with Gasteiger partial charge in [-0.1, -0.05) is 19.9 Å². The Bertz CT molecular complexity index is 356. The second kappa shape index (κ2) is 8.22. The van der Waals surface area contributed by atoms with E-state index in [4.69, 9.17) is 15.2 Å². The van der Waals surface area contributed by atoms with Crippen LogP contribution in [0.3, 0.4) is 0 Å². The molecule has 0 amide bonds. The van der Waals surface area contributed by atoms with Crippen LogP contribution in [0.2, 0.25) is 0 Å². The summed E-state index contributed by atoms with van der Waals surface area (Å²) < 4.78 is 10.8. The van der Waals surface area contributed by atoms with E-state index in [9.17, 15) is 0 Å². The van der Waals surface area contributed by atoms with Gasteiger partial charge in [0.05, 0.1) is 13.7 Å². The van der Waals surface area contributed by atoms with E-state index in [1.54, 1.807) is 7.11 Å². The van der Waals surface area contributed by atoms with Crippen LogP contribution in [0.1, 0.15) is 38.8 Å². The molecule has 0 saturated heterocycles. The first-order valence-electron chi connectivity index (χ1n) is 6.14. The summed E-state index contributed by atoms with van der Waals surface area (Å²) in [6, 6.07) is 5.97. The average Bonchev–Trinajstić information content (AvgIpc) is 2.29. The molecule has 4 heteroatoms. The van der Waals surface area contributed by atoms with Gasteiger partial charge < -0.3 is 15.2 Å². The van der Waals surface area contributed by atoms with Gasteiger partial charge in [-0.2, -0.15) is 0 Å². The van der Waals surface area contributed by atoms with Crippen LogP contribution in [0.15, 0.2) is 18.2 Å². The maximum absolute atomic E-state index is 6.15. The molecule has 1 aromatic carbocycles. The van der Waals surface area contributed by atoms with Crippen molar-refractivity contribution < 1.29 is 9.47 Å². The highest BCUT2D eigenvalue weighted by Gasteiger charge is 2.12. The zero-order valence-corrected chi connectivity index (χ0v) is 12.4. The molecular formula is C14H24ClNO2. The van der Waals surface area contributed by atoms with Crippen LogP contribution in [-0.2, 0) is 0 Å². The van der Waals surface area contributed by atoms with Crippen molar-refractivity contribution >= 4 is 12.4 Å². The molecule has 1 rings (SSSR count). The summed E-state index contributed by atoms with van der Waals surface area (Å²) in [6.07, 6.45) is 0.969. The van der Waals surface area contributed by atoms with E-state index in [1.807, 2.05) is 25.1 Å². The normalized spacial score (nSPS) is 11.9. The van der Waals surface area contributed by atoms with Crippen molar-refractivity contribution in [3.63, 3.8) is 0 Å². The Morgan fingerprint density at radius 1 is 1.22 bits per heavy atom. The highest BCUT2D eigenvalue weighted by Crippen LogP contribution is 2.31. The highest BCUT2D eigenvalue weighted by molar-refractivity contribution is 5.85. The van der Waals surface area contributed by atoms with Crippen molar-refractivity contribution in [3.8, 4) is 11.5 Å². The molecule has 0 aliphatic rings. The van der Waals surface area contributed by atoms with Gasteiger partial charge in [0, 0.05) is 6.04 Å². The number of rotatable bonds is 6. The predicted molar refractivity (Wildman–Crippen MR) is 77.8 cm³/mol. The number of methoxy groups -OCH3 is 1. The van der Waals surface area contributed by atoms with Gasteiger partial charge >= 0.3 is 0 Å². The predicted octanol–water partition coefficient (Wildman–Crippen LogP) is 3.56. The van der Waals surface area contributed by atoms with Crippen LogP contribution in [0.25, 0.3) is 0 Å². The lowest BCUT2D eigenvalue weighted by Gasteiger charge is -2.17. The zero-order chi connectivity index (χ0) is 12.8. The van der Waals surface area contributed by atoms with Gasteiger partial charge in [0.2, 0.25) is 0 Å². The average molecular weight is 274 g/mol. The minimum atomic E-state index is 0. The van der Waals surface area contributed by atoms with Gasteiger partial charge in [0.1, 0.15) is 0 Å². The first-order valence-corrected chi connectivity index (χ1v) is 6.14. The van der Waals surface area contributed by atoms with E-state index in [0.29, 0.717) is 12.5 Å². The van der Waals surface area contributed by atoms with Crippen molar-refractivity contribution in [2.75, 3.05) is 13.7 Å². The number of nitrogens with two attached hydrogens (primary N) is 1. The number of ether oxygens (including phenoxy) is 2. The fourth-order valence-corrected chi connectivity index (χ4v) is 1.83. The van der Waals surface area contributed by atoms with Gasteiger partial charge in [-0.25, -0.2) is 0 Å². The quantitative estimate of drug-likeness (QED) is 0.862. The Labute approximate surface area is 116 Å². The van der Waals surface area contributed by atoms with Crippen LogP contribution in [0.5, 0.6) is 11.5 Å². The largest absolute Gasteiger partial charge is 0.493 e. The monoisotopic (exact) mass is 273 g/mol. The minimum Gasteiger partial charge on any atom is -0.493 e. The molecule has 18 heavy (non-hydrogen) atoms. The van der Waals surface area contributed by atoms with Gasteiger partial charge in [0.15, 0.2) is 11.5 Å². The molecule has 0 heterocycles. The maximum atomic E-state index is 6.15. The molecular weight excluding hydrogens is 250 g/mol. The molecule has 1 atom stereocenters. The van der Waals surface area contributed by atoms with E-state index in [1.165, 1.54) is 0 Å². The molecule has 1 aromatic rings. The summed E-state index contributed by atoms with van der Waals surface area (Å²) in [5.74, 6) is 2.11. The maximum Gasteiger partial charge on any atom is 0.161 e. The number of hydrogen-bond donors (Lipinski definition) is 1. The topological polar surface area (TPSA) is 44.5 Å². The fraction of sp³-hybridized carbons (Fsp3) is 0.571. The SMILES string of the molecule is CCOc1ccc([C@H](N)CC(C)C)cc1OC.Cl. The summed E-state index contributed by atoms with van der Waals surface area (Å²) in [5.41, 5.74) is 7.24. The van der Waals surface area contributed by atoms with E-state index >= 15 is 0 Å². The minimum absolute atomic E-state index is 0. The zero-order valence-electron chi connectivity index (χ0n) is 11.6. The lowest BCUT2D eigenvalue weighted by molar-refractivity contribution is 0.310. The van der Waals surface area contributed by atoms with Crippen molar-refractivity contribution in [2.45, 2.75) is 33.2 Å². The third-order valence-electron chi connectivity index (χ3n) is 2.64. The number of benzene rings is 1. The van der Waals surface area contributed by atoms with Crippen molar-refractivity contribution in [3.05, 3.63) is 23.8 Å². The van der Waals surface area contributed by atoms with E-state index < -0.39 is 0 Å². The Balaban J connectivity index is 0.00000289. The van der Waals surface area contributed by atoms with Gasteiger partial charge in [-0.05, 0) is 37.0 Å². The summed E-state index contributed by atoms with van der Waals surface area (Å²) >= 11 is 0. The van der Waals surface area contributed by atoms with Crippen LogP contribution >= 0.6 is 12.4 Å². The van der Waals surface area contributed by atoms with Gasteiger partial charge in [-0.15, -0.1) is 12.4 Å². The summed E-state index contributed by atoms with van der Waals surface area (Å²) in [5, 5.41) is 0. The van der Waals surface area contributed by atoms with Crippen molar-refractivity contribution in [1.82, 2.24) is 0 Å². The number of halogens is 1. The molecule has 0 aliphatic carbocycles. The molecule has 2 N–H and O–H groups in total. The van der Waals surface area contributed by atoms with Gasteiger partial charge in [0.25, 0.3) is 0 Å². The Morgan fingerprint density at radius 2 is 1.89 bits per heavy atom. The Hall–Kier alpha value is -0.930. The fourth-order valence-electron chi connectivity index (χ4n) is 1.83. The van der Waals surface area contributed by atoms with Crippen molar-refractivity contribution in [1.29, 1.82) is 0 Å². The molecule has 0 saturated carbocycles. The first kappa shape index (κ1) is 17.1. The molecule has 0 radical (unpaired) electrons. The highest BCUT2D eigenvalue weighted by atomic mass is 35.5. The second-order valence-corrected chi connectivity index (χ2v) is 4.58. The Kier molecular flexibility index (Phi) is 7.80.